The molecule has 0 radical (unpaired) electrons. The van der Waals surface area contributed by atoms with E-state index in [9.17, 15) is 0 Å². The summed E-state index contributed by atoms with van der Waals surface area (Å²) in [5.74, 6) is 1.88. The molecule has 0 bridgehead atoms. The second kappa shape index (κ2) is 7.93. The molecule has 3 aromatic rings. The van der Waals surface area contributed by atoms with Crippen LogP contribution in [-0.2, 0) is 20.2 Å². The lowest BCUT2D eigenvalue weighted by Crippen LogP contribution is -2.06. The van der Waals surface area contributed by atoms with Crippen molar-refractivity contribution < 1.29 is 9.47 Å². The highest BCUT2D eigenvalue weighted by atomic mass is 79.9. The average molecular weight is 405 g/mol. The fourth-order valence-corrected chi connectivity index (χ4v) is 2.82. The van der Waals surface area contributed by atoms with E-state index in [0.29, 0.717) is 30.6 Å². The van der Waals surface area contributed by atoms with Gasteiger partial charge in [0.2, 0.25) is 5.95 Å². The molecular formula is C16H17BrN6O2. The summed E-state index contributed by atoms with van der Waals surface area (Å²) in [5.41, 5.74) is 1.98. The summed E-state index contributed by atoms with van der Waals surface area (Å²) in [7, 11) is 3.39. The Kier molecular flexibility index (Phi) is 5.44. The summed E-state index contributed by atoms with van der Waals surface area (Å²) in [6, 6.07) is 7.72. The van der Waals surface area contributed by atoms with Gasteiger partial charge in [-0.15, -0.1) is 0 Å². The molecule has 25 heavy (non-hydrogen) atoms. The van der Waals surface area contributed by atoms with Gasteiger partial charge in [-0.25, -0.2) is 4.68 Å². The molecule has 3 rings (SSSR count). The molecule has 0 aliphatic carbocycles. The fraction of sp³-hybridized carbons (Fsp3) is 0.250. The lowest BCUT2D eigenvalue weighted by molar-refractivity contribution is 0.282. The van der Waals surface area contributed by atoms with Crippen LogP contribution in [-0.4, -0.2) is 32.3 Å². The number of nitrogens with zero attached hydrogens (tertiary/aromatic N) is 5. The van der Waals surface area contributed by atoms with E-state index >= 15 is 0 Å². The van der Waals surface area contributed by atoms with Gasteiger partial charge in [-0.05, 0) is 50.1 Å². The minimum Gasteiger partial charge on any atom is -0.493 e. The molecule has 0 unspecified atom stereocenters. The summed E-state index contributed by atoms with van der Waals surface area (Å²) in [6.07, 6.45) is 3.50. The second-order valence-electron chi connectivity index (χ2n) is 5.24. The van der Waals surface area contributed by atoms with Crippen LogP contribution in [0.25, 0.3) is 0 Å². The SMILES string of the molecule is COc1cc(CNc2nnnn2C)cc(Br)c1OCc1cccnc1. The van der Waals surface area contributed by atoms with E-state index in [1.807, 2.05) is 24.3 Å². The molecule has 2 aromatic heterocycles. The van der Waals surface area contributed by atoms with Crippen molar-refractivity contribution >= 4 is 21.9 Å². The number of benzene rings is 1. The third-order valence-electron chi connectivity index (χ3n) is 3.47. The van der Waals surface area contributed by atoms with Gasteiger partial charge in [0.1, 0.15) is 6.61 Å². The van der Waals surface area contributed by atoms with Crippen molar-refractivity contribution in [3.63, 3.8) is 0 Å². The topological polar surface area (TPSA) is 87.0 Å². The molecule has 9 heteroatoms. The number of tetrazole rings is 1. The first kappa shape index (κ1) is 17.2. The first-order valence-electron chi connectivity index (χ1n) is 7.51. The molecule has 130 valence electrons. The number of methoxy groups -OCH3 is 1. The number of pyridine rings is 1. The third-order valence-corrected chi connectivity index (χ3v) is 4.05. The van der Waals surface area contributed by atoms with Crippen LogP contribution in [0.15, 0.2) is 41.1 Å². The van der Waals surface area contributed by atoms with Crippen molar-refractivity contribution in [2.45, 2.75) is 13.2 Å². The molecule has 0 saturated heterocycles. The predicted octanol–water partition coefficient (Wildman–Crippen LogP) is 2.57. The normalized spacial score (nSPS) is 10.5. The summed E-state index contributed by atoms with van der Waals surface area (Å²) < 4.78 is 13.7. The molecule has 0 atom stereocenters. The number of halogens is 1. The summed E-state index contributed by atoms with van der Waals surface area (Å²) >= 11 is 3.55. The number of hydrogen-bond donors (Lipinski definition) is 1. The Bertz CT molecular complexity index is 840. The van der Waals surface area contributed by atoms with Gasteiger partial charge in [0, 0.05) is 31.5 Å². The Balaban J connectivity index is 1.73. The van der Waals surface area contributed by atoms with Crippen LogP contribution in [0.2, 0.25) is 0 Å². The van der Waals surface area contributed by atoms with Crippen LogP contribution < -0.4 is 14.8 Å². The zero-order chi connectivity index (χ0) is 17.6. The highest BCUT2D eigenvalue weighted by Gasteiger charge is 2.13. The van der Waals surface area contributed by atoms with Gasteiger partial charge < -0.3 is 14.8 Å². The van der Waals surface area contributed by atoms with Crippen molar-refractivity contribution in [1.82, 2.24) is 25.2 Å². The molecule has 0 saturated carbocycles. The number of hydrogen-bond acceptors (Lipinski definition) is 7. The zero-order valence-electron chi connectivity index (χ0n) is 13.8. The van der Waals surface area contributed by atoms with Gasteiger partial charge in [-0.2, -0.15) is 0 Å². The van der Waals surface area contributed by atoms with E-state index in [-0.39, 0.29) is 0 Å². The largest absolute Gasteiger partial charge is 0.493 e. The van der Waals surface area contributed by atoms with Crippen LogP contribution in [0, 0.1) is 0 Å². The van der Waals surface area contributed by atoms with Crippen LogP contribution >= 0.6 is 15.9 Å². The van der Waals surface area contributed by atoms with Crippen LogP contribution in [0.5, 0.6) is 11.5 Å². The Morgan fingerprint density at radius 3 is 2.84 bits per heavy atom. The van der Waals surface area contributed by atoms with Gasteiger partial charge >= 0.3 is 0 Å². The van der Waals surface area contributed by atoms with Crippen molar-refractivity contribution in [3.8, 4) is 11.5 Å². The molecule has 8 nitrogen and oxygen atoms in total. The monoisotopic (exact) mass is 404 g/mol. The quantitative estimate of drug-likeness (QED) is 0.647. The molecular weight excluding hydrogens is 388 g/mol. The van der Waals surface area contributed by atoms with Gasteiger partial charge in [0.05, 0.1) is 11.6 Å². The number of aryl methyl sites for hydroxylation is 1. The summed E-state index contributed by atoms with van der Waals surface area (Å²) in [5, 5.41) is 14.4. The highest BCUT2D eigenvalue weighted by molar-refractivity contribution is 9.10. The minimum atomic E-state index is 0.408. The smallest absolute Gasteiger partial charge is 0.242 e. The fourth-order valence-electron chi connectivity index (χ4n) is 2.21. The first-order valence-corrected chi connectivity index (χ1v) is 8.31. The molecule has 0 amide bonds. The summed E-state index contributed by atoms with van der Waals surface area (Å²) in [6.45, 7) is 0.955. The summed E-state index contributed by atoms with van der Waals surface area (Å²) in [4.78, 5) is 4.08. The van der Waals surface area contributed by atoms with E-state index in [1.54, 1.807) is 31.2 Å². The Labute approximate surface area is 153 Å². The third kappa shape index (κ3) is 4.24. The average Bonchev–Trinajstić information content (AvgIpc) is 3.04. The van der Waals surface area contributed by atoms with E-state index in [0.717, 1.165) is 15.6 Å². The Hall–Kier alpha value is -2.68. The van der Waals surface area contributed by atoms with Gasteiger partial charge in [-0.3, -0.25) is 4.98 Å². The molecule has 0 aliphatic rings. The van der Waals surface area contributed by atoms with Crippen molar-refractivity contribution in [2.24, 2.45) is 7.05 Å². The first-order chi connectivity index (χ1) is 12.2. The highest BCUT2D eigenvalue weighted by Crippen LogP contribution is 2.37. The van der Waals surface area contributed by atoms with Crippen LogP contribution in [0.3, 0.4) is 0 Å². The standard InChI is InChI=1S/C16H17BrN6O2/c1-23-16(20-21-22-23)19-9-12-6-13(17)15(14(7-12)24-2)25-10-11-4-3-5-18-8-11/h3-8H,9-10H2,1-2H3,(H,19,20,22). The lowest BCUT2D eigenvalue weighted by atomic mass is 10.2. The van der Waals surface area contributed by atoms with E-state index in [4.69, 9.17) is 9.47 Å². The van der Waals surface area contributed by atoms with Crippen LogP contribution in [0.1, 0.15) is 11.1 Å². The molecule has 1 aromatic carbocycles. The molecule has 0 spiro atoms. The number of ether oxygens (including phenoxy) is 2. The minimum absolute atomic E-state index is 0.408. The maximum Gasteiger partial charge on any atom is 0.242 e. The maximum atomic E-state index is 5.90. The van der Waals surface area contributed by atoms with Crippen molar-refractivity contribution in [2.75, 3.05) is 12.4 Å². The van der Waals surface area contributed by atoms with Crippen LogP contribution in [0.4, 0.5) is 5.95 Å². The van der Waals surface area contributed by atoms with Gasteiger partial charge in [0.15, 0.2) is 11.5 Å². The molecule has 2 heterocycles. The second-order valence-corrected chi connectivity index (χ2v) is 6.09. The predicted molar refractivity (Wildman–Crippen MR) is 95.4 cm³/mol. The lowest BCUT2D eigenvalue weighted by Gasteiger charge is -2.14. The number of nitrogens with one attached hydrogen (secondary N) is 1. The molecule has 0 aliphatic heterocycles. The van der Waals surface area contributed by atoms with E-state index < -0.39 is 0 Å². The van der Waals surface area contributed by atoms with Crippen molar-refractivity contribution in [3.05, 3.63) is 52.3 Å². The number of rotatable bonds is 7. The van der Waals surface area contributed by atoms with Gasteiger partial charge in [0.25, 0.3) is 0 Å². The zero-order valence-corrected chi connectivity index (χ0v) is 15.4. The van der Waals surface area contributed by atoms with E-state index in [1.165, 1.54) is 0 Å². The molecule has 0 fully saturated rings. The molecule has 1 N–H and O–H groups in total. The number of anilines is 1. The Morgan fingerprint density at radius 2 is 2.16 bits per heavy atom. The van der Waals surface area contributed by atoms with E-state index in [2.05, 4.69) is 41.8 Å². The van der Waals surface area contributed by atoms with Crippen molar-refractivity contribution in [1.29, 1.82) is 0 Å². The number of aromatic nitrogens is 5. The Morgan fingerprint density at radius 1 is 1.28 bits per heavy atom. The van der Waals surface area contributed by atoms with Gasteiger partial charge in [-0.1, -0.05) is 11.2 Å². The maximum absolute atomic E-state index is 5.90.